The number of ketones is 1. The Morgan fingerprint density at radius 2 is 1.90 bits per heavy atom. The van der Waals surface area contributed by atoms with E-state index in [1.807, 2.05) is 30.5 Å². The molecule has 212 valence electrons. The highest BCUT2D eigenvalue weighted by Crippen LogP contribution is 2.52. The maximum absolute atomic E-state index is 14.7. The number of carbonyl (C=O) groups excluding carboxylic acids is 3. The fourth-order valence-corrected chi connectivity index (χ4v) is 6.74. The number of rotatable bonds is 7. The number of anilines is 1. The first-order valence-electron chi connectivity index (χ1n) is 13.4. The molecule has 1 aliphatic carbocycles. The van der Waals surface area contributed by atoms with E-state index in [-0.39, 0.29) is 24.6 Å². The second-order valence-electron chi connectivity index (χ2n) is 9.74. The van der Waals surface area contributed by atoms with Crippen LogP contribution in [0.5, 0.6) is 0 Å². The molecule has 2 N–H and O–H groups in total. The van der Waals surface area contributed by atoms with Gasteiger partial charge in [-0.15, -0.1) is 11.3 Å². The van der Waals surface area contributed by atoms with Crippen LogP contribution >= 0.6 is 22.9 Å². The van der Waals surface area contributed by atoms with Crippen LogP contribution in [0.3, 0.4) is 0 Å². The van der Waals surface area contributed by atoms with Crippen LogP contribution in [0.4, 0.5) is 5.69 Å². The van der Waals surface area contributed by atoms with Crippen LogP contribution in [0.2, 0.25) is 5.02 Å². The summed E-state index contributed by atoms with van der Waals surface area (Å²) in [5.41, 5.74) is 9.82. The number of nitrogens with zero attached hydrogens (tertiary/aromatic N) is 2. The van der Waals surface area contributed by atoms with Crippen molar-refractivity contribution in [2.24, 2.45) is 11.7 Å². The van der Waals surface area contributed by atoms with Gasteiger partial charge in [0.2, 0.25) is 0 Å². The standard InChI is InChI=1S/C31H30ClN3O5S/c1-4-39-30(37)25-19(23-12-8-14-41-23)15-22-26(28(25)36)24(18-9-7-13-34-16-18)27(31(38)40-5-2)29(33)35(22)21-11-6-10-20(32)17(21)3/h6-14,16,19,24-25H,4-5,15,33H2,1-3H3/t19-,24-,25-/m1/s1. The first-order chi connectivity index (χ1) is 19.8. The summed E-state index contributed by atoms with van der Waals surface area (Å²) in [6.07, 6.45) is 3.50. The summed E-state index contributed by atoms with van der Waals surface area (Å²) >= 11 is 8.01. The smallest absolute Gasteiger partial charge is 0.338 e. The molecule has 0 saturated carbocycles. The molecule has 0 amide bonds. The summed E-state index contributed by atoms with van der Waals surface area (Å²) in [6.45, 7) is 5.50. The van der Waals surface area contributed by atoms with Gasteiger partial charge >= 0.3 is 11.9 Å². The molecule has 0 radical (unpaired) electrons. The lowest BCUT2D eigenvalue weighted by Gasteiger charge is -2.44. The van der Waals surface area contributed by atoms with Gasteiger partial charge in [-0.25, -0.2) is 4.79 Å². The van der Waals surface area contributed by atoms with Crippen LogP contribution in [-0.2, 0) is 23.9 Å². The number of nitrogens with two attached hydrogens (primary N) is 1. The lowest BCUT2D eigenvalue weighted by atomic mass is 9.68. The number of hydrogen-bond acceptors (Lipinski definition) is 9. The lowest BCUT2D eigenvalue weighted by molar-refractivity contribution is -0.152. The molecule has 10 heteroatoms. The van der Waals surface area contributed by atoms with Crippen LogP contribution in [0.1, 0.15) is 48.1 Å². The van der Waals surface area contributed by atoms with Crippen molar-refractivity contribution in [2.75, 3.05) is 18.1 Å². The summed E-state index contributed by atoms with van der Waals surface area (Å²) in [5.74, 6) is -4.04. The van der Waals surface area contributed by atoms with E-state index in [1.165, 1.54) is 11.3 Å². The van der Waals surface area contributed by atoms with Crippen molar-refractivity contribution in [1.29, 1.82) is 0 Å². The van der Waals surface area contributed by atoms with Crippen LogP contribution in [0.15, 0.2) is 82.9 Å². The van der Waals surface area contributed by atoms with E-state index in [9.17, 15) is 14.4 Å². The molecule has 0 saturated heterocycles. The Morgan fingerprint density at radius 1 is 1.12 bits per heavy atom. The maximum Gasteiger partial charge on any atom is 0.338 e. The van der Waals surface area contributed by atoms with Crippen molar-refractivity contribution in [3.63, 3.8) is 0 Å². The Bertz CT molecular complexity index is 1550. The molecule has 1 aliphatic heterocycles. The van der Waals surface area contributed by atoms with Crippen LogP contribution < -0.4 is 10.6 Å². The number of allylic oxidation sites excluding steroid dienone is 2. The van der Waals surface area contributed by atoms with E-state index in [1.54, 1.807) is 55.4 Å². The zero-order valence-corrected chi connectivity index (χ0v) is 24.5. The molecule has 0 spiro atoms. The van der Waals surface area contributed by atoms with E-state index in [0.717, 1.165) is 10.4 Å². The van der Waals surface area contributed by atoms with Crippen LogP contribution in [0, 0.1) is 12.8 Å². The van der Waals surface area contributed by atoms with Gasteiger partial charge in [0.15, 0.2) is 5.78 Å². The van der Waals surface area contributed by atoms with Gasteiger partial charge in [-0.2, -0.15) is 0 Å². The number of pyridine rings is 1. The Hall–Kier alpha value is -3.95. The van der Waals surface area contributed by atoms with Crippen molar-refractivity contribution in [3.05, 3.63) is 104 Å². The number of thiophene rings is 1. The zero-order valence-electron chi connectivity index (χ0n) is 22.9. The SMILES string of the molecule is CCOC(=O)C1=C(N)N(c2cccc(Cl)c2C)C2=C(C(=O)[C@H](C(=O)OCC)[C@@H](c3cccs3)C2)[C@H]1c1cccnc1. The van der Waals surface area contributed by atoms with Gasteiger partial charge in [-0.1, -0.05) is 29.8 Å². The predicted octanol–water partition coefficient (Wildman–Crippen LogP) is 5.63. The number of ether oxygens (including phenoxy) is 2. The maximum atomic E-state index is 14.7. The Morgan fingerprint density at radius 3 is 2.56 bits per heavy atom. The molecular formula is C31H30ClN3O5S. The molecule has 3 aromatic rings. The topological polar surface area (TPSA) is 112 Å². The highest BCUT2D eigenvalue weighted by Gasteiger charge is 2.51. The third-order valence-corrected chi connectivity index (χ3v) is 8.89. The normalized spacial score (nSPS) is 20.6. The molecule has 3 heterocycles. The largest absolute Gasteiger partial charge is 0.465 e. The minimum Gasteiger partial charge on any atom is -0.465 e. The van der Waals surface area contributed by atoms with Gasteiger partial charge in [-0.05, 0) is 68.0 Å². The molecule has 2 aliphatic rings. The Labute approximate surface area is 247 Å². The summed E-state index contributed by atoms with van der Waals surface area (Å²) in [4.78, 5) is 48.6. The molecule has 1 aromatic carbocycles. The first kappa shape index (κ1) is 28.6. The highest BCUT2D eigenvalue weighted by molar-refractivity contribution is 7.10. The van der Waals surface area contributed by atoms with Crippen molar-refractivity contribution < 1.29 is 23.9 Å². The number of halogens is 1. The van der Waals surface area contributed by atoms with E-state index in [0.29, 0.717) is 34.0 Å². The van der Waals surface area contributed by atoms with E-state index in [2.05, 4.69) is 4.98 Å². The number of carbonyl (C=O) groups is 3. The molecular weight excluding hydrogens is 562 g/mol. The molecule has 5 rings (SSSR count). The third-order valence-electron chi connectivity index (χ3n) is 7.48. The summed E-state index contributed by atoms with van der Waals surface area (Å²) < 4.78 is 10.9. The van der Waals surface area contributed by atoms with Gasteiger partial charge in [0.05, 0.1) is 30.4 Å². The minimum atomic E-state index is -1.10. The number of benzene rings is 1. The Kier molecular flexibility index (Phi) is 8.28. The summed E-state index contributed by atoms with van der Waals surface area (Å²) in [5, 5.41) is 2.42. The fraction of sp³-hybridized carbons (Fsp3) is 0.290. The van der Waals surface area contributed by atoms with Gasteiger partial charge < -0.3 is 15.2 Å². The number of hydrogen-bond donors (Lipinski definition) is 1. The van der Waals surface area contributed by atoms with Crippen molar-refractivity contribution in [2.45, 2.75) is 39.0 Å². The molecule has 2 aromatic heterocycles. The average Bonchev–Trinajstić information content (AvgIpc) is 3.50. The van der Waals surface area contributed by atoms with Crippen molar-refractivity contribution in [3.8, 4) is 0 Å². The molecule has 41 heavy (non-hydrogen) atoms. The molecule has 0 unspecified atom stereocenters. The summed E-state index contributed by atoms with van der Waals surface area (Å²) in [7, 11) is 0. The van der Waals surface area contributed by atoms with Gasteiger partial charge in [0.25, 0.3) is 0 Å². The second-order valence-corrected chi connectivity index (χ2v) is 11.1. The van der Waals surface area contributed by atoms with E-state index < -0.39 is 35.5 Å². The highest BCUT2D eigenvalue weighted by atomic mass is 35.5. The number of esters is 2. The lowest BCUT2D eigenvalue weighted by Crippen LogP contribution is -2.46. The molecule has 8 nitrogen and oxygen atoms in total. The number of Topliss-reactive ketones (excluding diaryl/α,β-unsaturated/α-hetero) is 1. The van der Waals surface area contributed by atoms with Crippen molar-refractivity contribution in [1.82, 2.24) is 4.98 Å². The van der Waals surface area contributed by atoms with Crippen LogP contribution in [-0.4, -0.2) is 35.9 Å². The predicted molar refractivity (Wildman–Crippen MR) is 157 cm³/mol. The van der Waals surface area contributed by atoms with Gasteiger partial charge in [0, 0.05) is 39.5 Å². The molecule has 0 fully saturated rings. The minimum absolute atomic E-state index is 0.100. The van der Waals surface area contributed by atoms with Gasteiger partial charge in [-0.3, -0.25) is 19.5 Å². The molecule has 3 atom stereocenters. The van der Waals surface area contributed by atoms with Crippen LogP contribution in [0.25, 0.3) is 0 Å². The quantitative estimate of drug-likeness (QED) is 0.278. The monoisotopic (exact) mass is 591 g/mol. The Balaban J connectivity index is 1.84. The zero-order chi connectivity index (χ0) is 29.3. The summed E-state index contributed by atoms with van der Waals surface area (Å²) in [6, 6.07) is 12.7. The average molecular weight is 592 g/mol. The number of aromatic nitrogens is 1. The van der Waals surface area contributed by atoms with Crippen molar-refractivity contribution >= 4 is 46.3 Å². The van der Waals surface area contributed by atoms with E-state index >= 15 is 0 Å². The second kappa shape index (κ2) is 11.9. The third kappa shape index (κ3) is 5.04. The first-order valence-corrected chi connectivity index (χ1v) is 14.6. The van der Waals surface area contributed by atoms with Gasteiger partial charge in [0.1, 0.15) is 11.7 Å². The fourth-order valence-electron chi connectivity index (χ4n) is 5.70. The van der Waals surface area contributed by atoms with E-state index in [4.69, 9.17) is 26.8 Å². The molecule has 0 bridgehead atoms.